The van der Waals surface area contributed by atoms with Gasteiger partial charge in [0, 0.05) is 17.5 Å². The van der Waals surface area contributed by atoms with Crippen molar-refractivity contribution in [2.75, 3.05) is 0 Å². The molecule has 0 fully saturated rings. The van der Waals surface area contributed by atoms with Gasteiger partial charge in [0.1, 0.15) is 0 Å². The van der Waals surface area contributed by atoms with Gasteiger partial charge in [0.05, 0.1) is 5.56 Å². The van der Waals surface area contributed by atoms with Crippen LogP contribution in [0, 0.1) is 13.8 Å². The summed E-state index contributed by atoms with van der Waals surface area (Å²) in [5, 5.41) is 0. The van der Waals surface area contributed by atoms with Gasteiger partial charge < -0.3 is 0 Å². The predicted octanol–water partition coefficient (Wildman–Crippen LogP) is 5.81. The fourth-order valence-corrected chi connectivity index (χ4v) is 2.52. The number of aryl methyl sites for hydroxylation is 1. The van der Waals surface area contributed by atoms with E-state index in [4.69, 9.17) is 0 Å². The highest BCUT2D eigenvalue weighted by molar-refractivity contribution is 5.72. The molecule has 0 radical (unpaired) electrons. The highest BCUT2D eigenvalue weighted by Crippen LogP contribution is 2.37. The molecule has 1 nitrogen and oxygen atoms in total. The Hall–Kier alpha value is -2.10. The molecule has 2 aromatic rings. The van der Waals surface area contributed by atoms with Crippen LogP contribution < -0.4 is 0 Å². The first kappa shape index (κ1) is 16.3. The van der Waals surface area contributed by atoms with Crippen LogP contribution in [0.25, 0.3) is 16.7 Å². The van der Waals surface area contributed by atoms with E-state index in [2.05, 4.69) is 4.98 Å². The summed E-state index contributed by atoms with van der Waals surface area (Å²) < 4.78 is 39.5. The summed E-state index contributed by atoms with van der Waals surface area (Å²) in [5.41, 5.74) is 3.02. The lowest BCUT2D eigenvalue weighted by Crippen LogP contribution is -2.12. The lowest BCUT2D eigenvalue weighted by Gasteiger charge is -2.16. The van der Waals surface area contributed by atoms with Crippen LogP contribution in [-0.2, 0) is 6.18 Å². The molecular formula is C18H18F3N. The van der Waals surface area contributed by atoms with E-state index in [1.165, 1.54) is 20.0 Å². The van der Waals surface area contributed by atoms with E-state index in [9.17, 15) is 13.2 Å². The minimum Gasteiger partial charge on any atom is -0.260 e. The van der Waals surface area contributed by atoms with Crippen molar-refractivity contribution in [2.45, 2.75) is 33.9 Å². The van der Waals surface area contributed by atoms with Crippen LogP contribution in [0.3, 0.4) is 0 Å². The Morgan fingerprint density at radius 3 is 2.18 bits per heavy atom. The Labute approximate surface area is 128 Å². The fourth-order valence-electron chi connectivity index (χ4n) is 2.52. The van der Waals surface area contributed by atoms with Gasteiger partial charge in [0.2, 0.25) is 0 Å². The van der Waals surface area contributed by atoms with Crippen LogP contribution in [0.1, 0.15) is 36.2 Å². The van der Waals surface area contributed by atoms with Gasteiger partial charge in [-0.05, 0) is 50.0 Å². The molecule has 0 aliphatic rings. The van der Waals surface area contributed by atoms with E-state index in [0.29, 0.717) is 5.56 Å². The normalized spacial score (nSPS) is 12.6. The van der Waals surface area contributed by atoms with E-state index in [-0.39, 0.29) is 11.3 Å². The summed E-state index contributed by atoms with van der Waals surface area (Å²) in [6.45, 7) is 6.83. The van der Waals surface area contributed by atoms with Crippen LogP contribution in [0.5, 0.6) is 0 Å². The van der Waals surface area contributed by atoms with Crippen molar-refractivity contribution in [2.24, 2.45) is 0 Å². The van der Waals surface area contributed by atoms with Crippen LogP contribution in [0.4, 0.5) is 13.2 Å². The minimum atomic E-state index is -4.39. The number of alkyl halides is 3. The van der Waals surface area contributed by atoms with Crippen LogP contribution in [0.15, 0.2) is 36.5 Å². The average Bonchev–Trinajstić information content (AvgIpc) is 2.45. The molecule has 2 rings (SSSR count). The molecule has 1 heterocycles. The second-order valence-corrected chi connectivity index (χ2v) is 5.30. The maximum atomic E-state index is 13.2. The zero-order valence-corrected chi connectivity index (χ0v) is 13.0. The highest BCUT2D eigenvalue weighted by Gasteiger charge is 2.35. The Kier molecular flexibility index (Phi) is 4.40. The quantitative estimate of drug-likeness (QED) is 0.682. The number of hydrogen-bond donors (Lipinski definition) is 0. The van der Waals surface area contributed by atoms with Crippen molar-refractivity contribution in [3.8, 4) is 11.1 Å². The molecule has 0 atom stereocenters. The molecule has 0 amide bonds. The third-order valence-electron chi connectivity index (χ3n) is 3.90. The molecule has 4 heteroatoms. The van der Waals surface area contributed by atoms with Crippen molar-refractivity contribution in [3.05, 3.63) is 58.9 Å². The topological polar surface area (TPSA) is 12.9 Å². The fraction of sp³-hybridized carbons (Fsp3) is 0.278. The van der Waals surface area contributed by atoms with Crippen molar-refractivity contribution in [1.29, 1.82) is 0 Å². The van der Waals surface area contributed by atoms with Gasteiger partial charge in [-0.1, -0.05) is 30.3 Å². The zero-order valence-electron chi connectivity index (χ0n) is 13.0. The van der Waals surface area contributed by atoms with Crippen molar-refractivity contribution in [1.82, 2.24) is 4.98 Å². The molecule has 0 saturated heterocycles. The molecular weight excluding hydrogens is 287 g/mol. The Balaban J connectivity index is 2.55. The number of hydrogen-bond acceptors (Lipinski definition) is 1. The first-order valence-corrected chi connectivity index (χ1v) is 7.02. The Morgan fingerprint density at radius 1 is 1.09 bits per heavy atom. The summed E-state index contributed by atoms with van der Waals surface area (Å²) in [4.78, 5) is 3.93. The molecule has 116 valence electrons. The highest BCUT2D eigenvalue weighted by atomic mass is 19.4. The van der Waals surface area contributed by atoms with Crippen molar-refractivity contribution in [3.63, 3.8) is 0 Å². The Morgan fingerprint density at radius 2 is 1.68 bits per heavy atom. The number of nitrogens with zero attached hydrogens (tertiary/aromatic N) is 1. The van der Waals surface area contributed by atoms with Gasteiger partial charge >= 0.3 is 6.18 Å². The summed E-state index contributed by atoms with van der Waals surface area (Å²) in [6.07, 6.45) is -0.883. The van der Waals surface area contributed by atoms with Crippen molar-refractivity contribution >= 4 is 5.57 Å². The lowest BCUT2D eigenvalue weighted by molar-refractivity contribution is -0.138. The number of allylic oxidation sites excluding steroid dienone is 2. The second-order valence-electron chi connectivity index (χ2n) is 5.30. The van der Waals surface area contributed by atoms with Gasteiger partial charge in [-0.25, -0.2) is 0 Å². The third-order valence-corrected chi connectivity index (χ3v) is 3.90. The molecule has 0 bridgehead atoms. The van der Waals surface area contributed by atoms with E-state index < -0.39 is 11.7 Å². The largest absolute Gasteiger partial charge is 0.418 e. The summed E-state index contributed by atoms with van der Waals surface area (Å²) >= 11 is 0. The number of halogens is 3. The molecule has 0 spiro atoms. The minimum absolute atomic E-state index is 0.00938. The molecule has 22 heavy (non-hydrogen) atoms. The predicted molar refractivity (Wildman–Crippen MR) is 83.5 cm³/mol. The first-order chi connectivity index (χ1) is 10.3. The molecule has 0 unspecified atom stereocenters. The maximum Gasteiger partial charge on any atom is 0.418 e. The lowest BCUT2D eigenvalue weighted by atomic mass is 9.95. The summed E-state index contributed by atoms with van der Waals surface area (Å²) in [6, 6.07) is 7.50. The van der Waals surface area contributed by atoms with E-state index >= 15 is 0 Å². The maximum absolute atomic E-state index is 13.2. The van der Waals surface area contributed by atoms with Gasteiger partial charge in [-0.15, -0.1) is 0 Å². The molecule has 1 aromatic carbocycles. The molecule has 0 saturated carbocycles. The van der Waals surface area contributed by atoms with Crippen LogP contribution in [-0.4, -0.2) is 4.98 Å². The van der Waals surface area contributed by atoms with E-state index in [1.54, 1.807) is 0 Å². The Bertz CT molecular complexity index is 710. The van der Waals surface area contributed by atoms with E-state index in [0.717, 1.165) is 16.7 Å². The van der Waals surface area contributed by atoms with Gasteiger partial charge in [-0.2, -0.15) is 13.2 Å². The monoisotopic (exact) mass is 305 g/mol. The van der Waals surface area contributed by atoms with Gasteiger partial charge in [-0.3, -0.25) is 4.98 Å². The summed E-state index contributed by atoms with van der Waals surface area (Å²) in [7, 11) is 0. The number of benzene rings is 1. The number of rotatable bonds is 2. The molecule has 0 aliphatic carbocycles. The van der Waals surface area contributed by atoms with Crippen LogP contribution in [0.2, 0.25) is 0 Å². The SMILES string of the molecule is C/C=C(\C)c1ccc(-c2cnc(C)c(C(F)(F)F)c2C)cc1. The average molecular weight is 305 g/mol. The van der Waals surface area contributed by atoms with Gasteiger partial charge in [0.15, 0.2) is 0 Å². The molecule has 0 N–H and O–H groups in total. The second kappa shape index (κ2) is 5.95. The van der Waals surface area contributed by atoms with Gasteiger partial charge in [0.25, 0.3) is 0 Å². The van der Waals surface area contributed by atoms with Crippen LogP contribution >= 0.6 is 0 Å². The smallest absolute Gasteiger partial charge is 0.260 e. The summed E-state index contributed by atoms with van der Waals surface area (Å²) in [5.74, 6) is 0. The van der Waals surface area contributed by atoms with Crippen molar-refractivity contribution < 1.29 is 13.2 Å². The standard InChI is InChI=1S/C18H18F3N/c1-5-11(2)14-6-8-15(9-7-14)16-10-22-13(4)17(12(16)3)18(19,20)21/h5-10H,1-4H3/b11-5+. The van der Waals surface area contributed by atoms with E-state index in [1.807, 2.05) is 44.2 Å². The number of pyridine rings is 1. The first-order valence-electron chi connectivity index (χ1n) is 7.02. The molecule has 1 aromatic heterocycles. The molecule has 0 aliphatic heterocycles. The zero-order chi connectivity index (χ0) is 16.5. The third kappa shape index (κ3) is 3.06. The number of aromatic nitrogens is 1.